The molecule has 0 fully saturated rings. The van der Waals surface area contributed by atoms with E-state index in [1.165, 1.54) is 5.56 Å². The maximum atomic E-state index is 5.56. The molecule has 0 spiro atoms. The van der Waals surface area contributed by atoms with Crippen molar-refractivity contribution in [2.45, 2.75) is 19.3 Å². The van der Waals surface area contributed by atoms with Crippen molar-refractivity contribution < 1.29 is 14.2 Å². The zero-order valence-corrected chi connectivity index (χ0v) is 9.66. The molecule has 1 aromatic carbocycles. The molecule has 88 valence electrons. The van der Waals surface area contributed by atoms with E-state index in [4.69, 9.17) is 19.9 Å². The molecule has 1 unspecified atom stereocenters. The standard InChI is InChI=1S/C12H17NO3/c1-8(3-4-13)9-5-10(14-2)12-11(6-9)15-7-16-12/h5-6,8H,3-4,7,13H2,1-2H3. The number of hydrogen-bond donors (Lipinski definition) is 1. The Morgan fingerprint density at radius 1 is 1.44 bits per heavy atom. The van der Waals surface area contributed by atoms with Crippen molar-refractivity contribution in [1.82, 2.24) is 0 Å². The summed E-state index contributed by atoms with van der Waals surface area (Å²) in [5.74, 6) is 2.59. The van der Waals surface area contributed by atoms with Crippen molar-refractivity contribution in [2.75, 3.05) is 20.4 Å². The highest BCUT2D eigenvalue weighted by Crippen LogP contribution is 2.43. The first kappa shape index (κ1) is 11.1. The second kappa shape index (κ2) is 4.61. The van der Waals surface area contributed by atoms with Crippen LogP contribution in [-0.4, -0.2) is 20.4 Å². The molecule has 0 amide bonds. The largest absolute Gasteiger partial charge is 0.493 e. The Hall–Kier alpha value is -1.42. The summed E-state index contributed by atoms with van der Waals surface area (Å²) < 4.78 is 16.0. The average Bonchev–Trinajstić information content (AvgIpc) is 2.75. The van der Waals surface area contributed by atoms with Gasteiger partial charge in [-0.1, -0.05) is 6.92 Å². The number of hydrogen-bond acceptors (Lipinski definition) is 4. The minimum Gasteiger partial charge on any atom is -0.493 e. The molecule has 16 heavy (non-hydrogen) atoms. The fourth-order valence-electron chi connectivity index (χ4n) is 1.85. The zero-order chi connectivity index (χ0) is 11.5. The van der Waals surface area contributed by atoms with E-state index in [0.29, 0.717) is 18.2 Å². The molecule has 0 aliphatic carbocycles. The van der Waals surface area contributed by atoms with Gasteiger partial charge in [-0.25, -0.2) is 0 Å². The van der Waals surface area contributed by atoms with E-state index in [1.807, 2.05) is 12.1 Å². The van der Waals surface area contributed by atoms with E-state index in [0.717, 1.165) is 17.9 Å². The van der Waals surface area contributed by atoms with Gasteiger partial charge in [0.1, 0.15) is 0 Å². The first-order valence-corrected chi connectivity index (χ1v) is 5.44. The number of rotatable bonds is 4. The predicted octanol–water partition coefficient (Wildman–Crippen LogP) is 1.88. The van der Waals surface area contributed by atoms with Gasteiger partial charge in [-0.15, -0.1) is 0 Å². The van der Waals surface area contributed by atoms with Gasteiger partial charge in [0, 0.05) is 0 Å². The highest BCUT2D eigenvalue weighted by molar-refractivity contribution is 5.55. The molecule has 0 bridgehead atoms. The van der Waals surface area contributed by atoms with Crippen molar-refractivity contribution >= 4 is 0 Å². The Labute approximate surface area is 95.3 Å². The molecule has 2 rings (SSSR count). The van der Waals surface area contributed by atoms with Gasteiger partial charge in [0.25, 0.3) is 0 Å². The Morgan fingerprint density at radius 3 is 2.94 bits per heavy atom. The van der Waals surface area contributed by atoms with Gasteiger partial charge in [0.15, 0.2) is 11.5 Å². The minimum absolute atomic E-state index is 0.264. The highest BCUT2D eigenvalue weighted by atomic mass is 16.7. The van der Waals surface area contributed by atoms with Crippen molar-refractivity contribution in [2.24, 2.45) is 5.73 Å². The van der Waals surface area contributed by atoms with Gasteiger partial charge in [0.05, 0.1) is 7.11 Å². The Bertz CT molecular complexity index is 379. The van der Waals surface area contributed by atoms with Crippen molar-refractivity contribution in [1.29, 1.82) is 0 Å². The molecular formula is C12H17NO3. The molecule has 4 nitrogen and oxygen atoms in total. The normalized spacial score (nSPS) is 14.9. The van der Waals surface area contributed by atoms with Crippen LogP contribution < -0.4 is 19.9 Å². The number of benzene rings is 1. The second-order valence-corrected chi connectivity index (χ2v) is 3.94. The highest BCUT2D eigenvalue weighted by Gasteiger charge is 2.21. The topological polar surface area (TPSA) is 53.7 Å². The summed E-state index contributed by atoms with van der Waals surface area (Å²) in [6.45, 7) is 3.09. The van der Waals surface area contributed by atoms with Gasteiger partial charge in [-0.3, -0.25) is 0 Å². The van der Waals surface area contributed by atoms with E-state index in [9.17, 15) is 0 Å². The van der Waals surface area contributed by atoms with Crippen LogP contribution in [0.2, 0.25) is 0 Å². The van der Waals surface area contributed by atoms with Gasteiger partial charge < -0.3 is 19.9 Å². The summed E-state index contributed by atoms with van der Waals surface area (Å²) in [6.07, 6.45) is 0.947. The zero-order valence-electron chi connectivity index (χ0n) is 9.66. The maximum absolute atomic E-state index is 5.56. The lowest BCUT2D eigenvalue weighted by molar-refractivity contribution is 0.171. The van der Waals surface area contributed by atoms with Crippen LogP contribution in [0.15, 0.2) is 12.1 Å². The molecule has 1 atom stereocenters. The third kappa shape index (κ3) is 1.93. The second-order valence-electron chi connectivity index (χ2n) is 3.94. The Balaban J connectivity index is 2.34. The predicted molar refractivity (Wildman–Crippen MR) is 61.2 cm³/mol. The van der Waals surface area contributed by atoms with Crippen molar-refractivity contribution in [3.05, 3.63) is 17.7 Å². The molecule has 1 aromatic rings. The van der Waals surface area contributed by atoms with Crippen LogP contribution in [0.5, 0.6) is 17.2 Å². The van der Waals surface area contributed by atoms with Gasteiger partial charge in [-0.2, -0.15) is 0 Å². The Kier molecular flexibility index (Phi) is 3.19. The third-order valence-corrected chi connectivity index (χ3v) is 2.85. The van der Waals surface area contributed by atoms with Crippen LogP contribution in [0.3, 0.4) is 0 Å². The molecule has 1 aliphatic heterocycles. The van der Waals surface area contributed by atoms with Crippen LogP contribution in [0, 0.1) is 0 Å². The lowest BCUT2D eigenvalue weighted by atomic mass is 9.97. The Morgan fingerprint density at radius 2 is 2.25 bits per heavy atom. The van der Waals surface area contributed by atoms with Crippen LogP contribution in [0.25, 0.3) is 0 Å². The van der Waals surface area contributed by atoms with Crippen molar-refractivity contribution in [3.8, 4) is 17.2 Å². The van der Waals surface area contributed by atoms with E-state index in [-0.39, 0.29) is 6.79 Å². The van der Waals surface area contributed by atoms with E-state index >= 15 is 0 Å². The first-order chi connectivity index (χ1) is 7.76. The van der Waals surface area contributed by atoms with Crippen LogP contribution in [0.4, 0.5) is 0 Å². The summed E-state index contributed by atoms with van der Waals surface area (Å²) in [7, 11) is 1.63. The van der Waals surface area contributed by atoms with E-state index in [1.54, 1.807) is 7.11 Å². The minimum atomic E-state index is 0.264. The SMILES string of the molecule is COc1cc(C(C)CCN)cc2c1OCO2. The first-order valence-electron chi connectivity index (χ1n) is 5.44. The summed E-state index contributed by atoms with van der Waals surface area (Å²) >= 11 is 0. The van der Waals surface area contributed by atoms with Crippen LogP contribution in [0.1, 0.15) is 24.8 Å². The molecule has 1 heterocycles. The molecule has 0 saturated heterocycles. The fourth-order valence-corrected chi connectivity index (χ4v) is 1.85. The summed E-state index contributed by atoms with van der Waals surface area (Å²) in [5, 5.41) is 0. The number of methoxy groups -OCH3 is 1. The monoisotopic (exact) mass is 223 g/mol. The summed E-state index contributed by atoms with van der Waals surface area (Å²) in [5.41, 5.74) is 6.74. The molecule has 0 radical (unpaired) electrons. The maximum Gasteiger partial charge on any atom is 0.231 e. The molecule has 0 aromatic heterocycles. The smallest absolute Gasteiger partial charge is 0.231 e. The molecular weight excluding hydrogens is 206 g/mol. The van der Waals surface area contributed by atoms with E-state index < -0.39 is 0 Å². The molecule has 1 aliphatic rings. The average molecular weight is 223 g/mol. The fraction of sp³-hybridized carbons (Fsp3) is 0.500. The molecule has 2 N–H and O–H groups in total. The van der Waals surface area contributed by atoms with Gasteiger partial charge >= 0.3 is 0 Å². The van der Waals surface area contributed by atoms with Crippen LogP contribution in [-0.2, 0) is 0 Å². The lowest BCUT2D eigenvalue weighted by Gasteiger charge is -2.13. The van der Waals surface area contributed by atoms with Crippen LogP contribution >= 0.6 is 0 Å². The molecule has 0 saturated carbocycles. The number of nitrogens with two attached hydrogens (primary N) is 1. The molecule has 4 heteroatoms. The van der Waals surface area contributed by atoms with Gasteiger partial charge in [0.2, 0.25) is 12.5 Å². The quantitative estimate of drug-likeness (QED) is 0.846. The van der Waals surface area contributed by atoms with Crippen molar-refractivity contribution in [3.63, 3.8) is 0 Å². The lowest BCUT2D eigenvalue weighted by Crippen LogP contribution is -2.04. The number of fused-ring (bicyclic) bond motifs is 1. The van der Waals surface area contributed by atoms with E-state index in [2.05, 4.69) is 6.92 Å². The summed E-state index contributed by atoms with van der Waals surface area (Å²) in [4.78, 5) is 0. The van der Waals surface area contributed by atoms with Gasteiger partial charge in [-0.05, 0) is 36.6 Å². The third-order valence-electron chi connectivity index (χ3n) is 2.85. The summed E-state index contributed by atoms with van der Waals surface area (Å²) in [6, 6.07) is 4.00. The number of ether oxygens (including phenoxy) is 3.